The minimum atomic E-state index is -0.766. The topological polar surface area (TPSA) is 84.3 Å². The summed E-state index contributed by atoms with van der Waals surface area (Å²) in [7, 11) is 3.09. The molecule has 1 amide bonds. The second-order valence-electron chi connectivity index (χ2n) is 4.35. The van der Waals surface area contributed by atoms with Crippen molar-refractivity contribution in [3.63, 3.8) is 0 Å². The van der Waals surface area contributed by atoms with Crippen LogP contribution < -0.4 is 10.1 Å². The molecule has 2 N–H and O–H groups in total. The van der Waals surface area contributed by atoms with Crippen molar-refractivity contribution < 1.29 is 14.6 Å². The van der Waals surface area contributed by atoms with E-state index in [4.69, 9.17) is 4.74 Å². The van der Waals surface area contributed by atoms with Crippen molar-refractivity contribution in [3.8, 4) is 5.88 Å². The van der Waals surface area contributed by atoms with Gasteiger partial charge in [0, 0.05) is 19.0 Å². The van der Waals surface area contributed by atoms with Gasteiger partial charge >= 0.3 is 0 Å². The van der Waals surface area contributed by atoms with E-state index in [1.807, 2.05) is 12.1 Å². The number of nitrogens with one attached hydrogen (secondary N) is 1. The molecule has 0 saturated heterocycles. The lowest BCUT2D eigenvalue weighted by molar-refractivity contribution is -0.121. The number of para-hydroxylation sites is 1. The summed E-state index contributed by atoms with van der Waals surface area (Å²) in [4.78, 5) is 19.8. The SMILES string of the molecule is CNC(=O)CC[C@@H](O)c1cccc2ncc(OC)nc12. The van der Waals surface area contributed by atoms with Crippen LogP contribution in [0.4, 0.5) is 0 Å². The van der Waals surface area contributed by atoms with Crippen LogP contribution in [-0.2, 0) is 4.79 Å². The number of methoxy groups -OCH3 is 1. The molecular formula is C14H17N3O3. The molecule has 6 nitrogen and oxygen atoms in total. The van der Waals surface area contributed by atoms with Gasteiger partial charge < -0.3 is 15.2 Å². The fraction of sp³-hybridized carbons (Fsp3) is 0.357. The summed E-state index contributed by atoms with van der Waals surface area (Å²) in [5.41, 5.74) is 1.93. The van der Waals surface area contributed by atoms with Gasteiger partial charge in [0.05, 0.1) is 30.4 Å². The Morgan fingerprint density at radius 1 is 1.50 bits per heavy atom. The number of carbonyl (C=O) groups excluding carboxylic acids is 1. The van der Waals surface area contributed by atoms with E-state index < -0.39 is 6.10 Å². The van der Waals surface area contributed by atoms with Crippen LogP contribution >= 0.6 is 0 Å². The molecule has 0 aliphatic rings. The molecule has 2 aromatic rings. The van der Waals surface area contributed by atoms with Crippen molar-refractivity contribution in [1.29, 1.82) is 0 Å². The molecule has 1 aromatic heterocycles. The molecule has 0 unspecified atom stereocenters. The van der Waals surface area contributed by atoms with Gasteiger partial charge in [-0.2, -0.15) is 0 Å². The molecule has 1 heterocycles. The minimum absolute atomic E-state index is 0.104. The summed E-state index contributed by atoms with van der Waals surface area (Å²) < 4.78 is 5.05. The Balaban J connectivity index is 2.30. The lowest BCUT2D eigenvalue weighted by Crippen LogP contribution is -2.18. The van der Waals surface area contributed by atoms with E-state index in [0.717, 1.165) is 0 Å². The van der Waals surface area contributed by atoms with Crippen LogP contribution in [0.15, 0.2) is 24.4 Å². The van der Waals surface area contributed by atoms with E-state index in [2.05, 4.69) is 15.3 Å². The van der Waals surface area contributed by atoms with Gasteiger partial charge in [-0.25, -0.2) is 9.97 Å². The monoisotopic (exact) mass is 275 g/mol. The van der Waals surface area contributed by atoms with Gasteiger partial charge in [-0.15, -0.1) is 0 Å². The standard InChI is InChI=1S/C14H17N3O3/c1-15-12(19)7-6-11(18)9-4-3-5-10-14(9)17-13(20-2)8-16-10/h3-5,8,11,18H,6-7H2,1-2H3,(H,15,19)/t11-/m1/s1. The molecule has 0 bridgehead atoms. The summed E-state index contributed by atoms with van der Waals surface area (Å²) in [6.45, 7) is 0. The van der Waals surface area contributed by atoms with Crippen LogP contribution in [0.3, 0.4) is 0 Å². The highest BCUT2D eigenvalue weighted by Gasteiger charge is 2.14. The Bertz CT molecular complexity index is 616. The predicted molar refractivity (Wildman–Crippen MR) is 74.4 cm³/mol. The Morgan fingerprint density at radius 2 is 2.30 bits per heavy atom. The minimum Gasteiger partial charge on any atom is -0.480 e. The maximum absolute atomic E-state index is 11.2. The number of aliphatic hydroxyl groups excluding tert-OH is 1. The summed E-state index contributed by atoms with van der Waals surface area (Å²) in [5, 5.41) is 12.8. The lowest BCUT2D eigenvalue weighted by atomic mass is 10.0. The van der Waals surface area contributed by atoms with Crippen molar-refractivity contribution >= 4 is 16.9 Å². The zero-order valence-electron chi connectivity index (χ0n) is 11.5. The van der Waals surface area contributed by atoms with Crippen LogP contribution in [0.2, 0.25) is 0 Å². The van der Waals surface area contributed by atoms with Crippen molar-refractivity contribution in [2.24, 2.45) is 0 Å². The third-order valence-electron chi connectivity index (χ3n) is 3.07. The zero-order chi connectivity index (χ0) is 14.5. The summed E-state index contributed by atoms with van der Waals surface area (Å²) >= 11 is 0. The molecule has 106 valence electrons. The number of carbonyl (C=O) groups is 1. The first-order valence-corrected chi connectivity index (χ1v) is 6.34. The first-order chi connectivity index (χ1) is 9.65. The number of amides is 1. The van der Waals surface area contributed by atoms with Crippen molar-refractivity contribution in [3.05, 3.63) is 30.0 Å². The van der Waals surface area contributed by atoms with Gasteiger partial charge in [0.25, 0.3) is 0 Å². The van der Waals surface area contributed by atoms with E-state index in [-0.39, 0.29) is 12.3 Å². The van der Waals surface area contributed by atoms with Crippen molar-refractivity contribution in [2.45, 2.75) is 18.9 Å². The second-order valence-corrected chi connectivity index (χ2v) is 4.35. The average molecular weight is 275 g/mol. The summed E-state index contributed by atoms with van der Waals surface area (Å²) in [5.74, 6) is 0.288. The van der Waals surface area contributed by atoms with Crippen LogP contribution in [0.25, 0.3) is 11.0 Å². The number of hydrogen-bond acceptors (Lipinski definition) is 5. The number of ether oxygens (including phenoxy) is 1. The number of hydrogen-bond donors (Lipinski definition) is 2. The maximum atomic E-state index is 11.2. The van der Waals surface area contributed by atoms with Gasteiger partial charge in [-0.3, -0.25) is 4.79 Å². The normalized spacial score (nSPS) is 12.2. The molecule has 0 radical (unpaired) electrons. The molecule has 6 heteroatoms. The van der Waals surface area contributed by atoms with Crippen molar-refractivity contribution in [2.75, 3.05) is 14.2 Å². The van der Waals surface area contributed by atoms with E-state index in [1.54, 1.807) is 13.1 Å². The third-order valence-corrected chi connectivity index (χ3v) is 3.07. The first-order valence-electron chi connectivity index (χ1n) is 6.34. The Hall–Kier alpha value is -2.21. The number of benzene rings is 1. The number of fused-ring (bicyclic) bond motifs is 1. The molecule has 0 saturated carbocycles. The molecule has 20 heavy (non-hydrogen) atoms. The fourth-order valence-corrected chi connectivity index (χ4v) is 1.95. The quantitative estimate of drug-likeness (QED) is 0.856. The summed E-state index contributed by atoms with van der Waals surface area (Å²) in [6.07, 6.45) is 1.35. The second kappa shape index (κ2) is 6.29. The van der Waals surface area contributed by atoms with Crippen molar-refractivity contribution in [1.82, 2.24) is 15.3 Å². The first kappa shape index (κ1) is 14.2. The molecule has 1 aromatic carbocycles. The van der Waals surface area contributed by atoms with E-state index in [1.165, 1.54) is 13.3 Å². The average Bonchev–Trinajstić information content (AvgIpc) is 2.50. The molecule has 0 aliphatic carbocycles. The lowest BCUT2D eigenvalue weighted by Gasteiger charge is -2.12. The highest BCUT2D eigenvalue weighted by molar-refractivity contribution is 5.79. The molecular weight excluding hydrogens is 258 g/mol. The third kappa shape index (κ3) is 3.03. The highest BCUT2D eigenvalue weighted by atomic mass is 16.5. The van der Waals surface area contributed by atoms with Gasteiger partial charge in [0.1, 0.15) is 0 Å². The van der Waals surface area contributed by atoms with Crippen LogP contribution in [0.5, 0.6) is 5.88 Å². The number of rotatable bonds is 5. The number of aliphatic hydroxyl groups is 1. The van der Waals surface area contributed by atoms with E-state index in [0.29, 0.717) is 28.9 Å². The molecule has 0 spiro atoms. The Labute approximate surface area is 116 Å². The maximum Gasteiger partial charge on any atom is 0.232 e. The Kier molecular flexibility index (Phi) is 4.47. The van der Waals surface area contributed by atoms with Crippen LogP contribution in [-0.4, -0.2) is 35.1 Å². The van der Waals surface area contributed by atoms with Crippen LogP contribution in [0, 0.1) is 0 Å². The summed E-state index contributed by atoms with van der Waals surface area (Å²) in [6, 6.07) is 5.41. The predicted octanol–water partition coefficient (Wildman–Crippen LogP) is 1.20. The van der Waals surface area contributed by atoms with Gasteiger partial charge in [0.2, 0.25) is 11.8 Å². The molecule has 0 aliphatic heterocycles. The highest BCUT2D eigenvalue weighted by Crippen LogP contribution is 2.26. The van der Waals surface area contributed by atoms with Gasteiger partial charge in [0.15, 0.2) is 0 Å². The Morgan fingerprint density at radius 3 is 3.00 bits per heavy atom. The fourth-order valence-electron chi connectivity index (χ4n) is 1.95. The van der Waals surface area contributed by atoms with Gasteiger partial charge in [-0.05, 0) is 12.5 Å². The molecule has 2 rings (SSSR count). The van der Waals surface area contributed by atoms with Crippen LogP contribution in [0.1, 0.15) is 24.5 Å². The van der Waals surface area contributed by atoms with E-state index in [9.17, 15) is 9.90 Å². The van der Waals surface area contributed by atoms with E-state index >= 15 is 0 Å². The number of aromatic nitrogens is 2. The largest absolute Gasteiger partial charge is 0.480 e. The number of nitrogens with zero attached hydrogens (tertiary/aromatic N) is 2. The zero-order valence-corrected chi connectivity index (χ0v) is 11.5. The van der Waals surface area contributed by atoms with Gasteiger partial charge in [-0.1, -0.05) is 12.1 Å². The smallest absolute Gasteiger partial charge is 0.232 e. The molecule has 1 atom stereocenters. The molecule has 0 fully saturated rings.